The van der Waals surface area contributed by atoms with Crippen LogP contribution in [0, 0.1) is 11.8 Å². The quantitative estimate of drug-likeness (QED) is 0.0368. The molecule has 0 heterocycles. The molecule has 330 valence electrons. The molecule has 0 saturated heterocycles. The maximum absolute atomic E-state index is 12.9. The lowest BCUT2D eigenvalue weighted by molar-refractivity contribution is -0.167. The third kappa shape index (κ3) is 38.7. The molecule has 0 aliphatic rings. The fourth-order valence-electron chi connectivity index (χ4n) is 7.25. The van der Waals surface area contributed by atoms with Crippen LogP contribution in [0.3, 0.4) is 0 Å². The van der Waals surface area contributed by atoms with Gasteiger partial charge in [-0.25, -0.2) is 0 Å². The monoisotopic (exact) mass is 795 g/mol. The van der Waals surface area contributed by atoms with E-state index in [9.17, 15) is 19.2 Å². The molecule has 0 aromatic heterocycles. The first-order valence-corrected chi connectivity index (χ1v) is 23.9. The van der Waals surface area contributed by atoms with Crippen molar-refractivity contribution in [3.05, 3.63) is 0 Å². The highest BCUT2D eigenvalue weighted by Crippen LogP contribution is 2.18. The molecule has 56 heavy (non-hydrogen) atoms. The topological polar surface area (TPSA) is 116 Å². The van der Waals surface area contributed by atoms with Gasteiger partial charge < -0.3 is 19.3 Å². The number of ether oxygens (including phenoxy) is 3. The minimum Gasteiger partial charge on any atom is -0.481 e. The largest absolute Gasteiger partial charge is 0.481 e. The highest BCUT2D eigenvalue weighted by atomic mass is 16.6. The Morgan fingerprint density at radius 3 is 1.11 bits per heavy atom. The molecule has 0 aliphatic heterocycles. The molecule has 0 bridgehead atoms. The highest BCUT2D eigenvalue weighted by Gasteiger charge is 2.21. The van der Waals surface area contributed by atoms with Gasteiger partial charge >= 0.3 is 23.9 Å². The van der Waals surface area contributed by atoms with Gasteiger partial charge in [0.25, 0.3) is 0 Å². The normalized spacial score (nSPS) is 12.4. The van der Waals surface area contributed by atoms with Crippen molar-refractivity contribution < 1.29 is 38.5 Å². The molecule has 0 aromatic carbocycles. The smallest absolute Gasteiger partial charge is 0.306 e. The summed E-state index contributed by atoms with van der Waals surface area (Å²) >= 11 is 0. The number of hydrogen-bond acceptors (Lipinski definition) is 7. The lowest BCUT2D eigenvalue weighted by Gasteiger charge is -2.19. The van der Waals surface area contributed by atoms with E-state index in [1.807, 2.05) is 6.92 Å². The average molecular weight is 795 g/mol. The van der Waals surface area contributed by atoms with Crippen LogP contribution in [0.15, 0.2) is 0 Å². The molecule has 0 rings (SSSR count). The average Bonchev–Trinajstić information content (AvgIpc) is 3.17. The van der Waals surface area contributed by atoms with Crippen LogP contribution in [0.1, 0.15) is 252 Å². The number of carboxylic acid groups (broad SMARTS) is 1. The second-order valence-electron chi connectivity index (χ2n) is 17.0. The molecule has 0 saturated carbocycles. The van der Waals surface area contributed by atoms with Crippen molar-refractivity contribution in [3.8, 4) is 0 Å². The zero-order valence-corrected chi connectivity index (χ0v) is 37.2. The summed E-state index contributed by atoms with van der Waals surface area (Å²) < 4.78 is 16.8. The Labute approximate surface area is 345 Å². The van der Waals surface area contributed by atoms with Gasteiger partial charge in [-0.1, -0.05) is 214 Å². The van der Waals surface area contributed by atoms with Gasteiger partial charge in [0.15, 0.2) is 6.10 Å². The number of carboxylic acids is 1. The van der Waals surface area contributed by atoms with Gasteiger partial charge in [0.2, 0.25) is 0 Å². The number of carbonyl (C=O) groups excluding carboxylic acids is 3. The predicted molar refractivity (Wildman–Crippen MR) is 231 cm³/mol. The summed E-state index contributed by atoms with van der Waals surface area (Å²) in [6.07, 6.45) is 37.7. The zero-order valence-electron chi connectivity index (χ0n) is 37.2. The Balaban J connectivity index is 4.45. The number of unbranched alkanes of at least 4 members (excludes halogenated alkanes) is 27. The van der Waals surface area contributed by atoms with Crippen LogP contribution in [-0.2, 0) is 33.4 Å². The van der Waals surface area contributed by atoms with Crippen LogP contribution in [-0.4, -0.2) is 48.3 Å². The minimum absolute atomic E-state index is 0.113. The van der Waals surface area contributed by atoms with Gasteiger partial charge in [-0.05, 0) is 25.2 Å². The zero-order chi connectivity index (χ0) is 41.3. The molecule has 0 aromatic rings. The van der Waals surface area contributed by atoms with E-state index in [0.29, 0.717) is 19.3 Å². The summed E-state index contributed by atoms with van der Waals surface area (Å²) in [5, 5.41) is 9.04. The van der Waals surface area contributed by atoms with E-state index >= 15 is 0 Å². The van der Waals surface area contributed by atoms with Gasteiger partial charge in [0.1, 0.15) is 13.2 Å². The third-order valence-electron chi connectivity index (χ3n) is 11.1. The van der Waals surface area contributed by atoms with Crippen molar-refractivity contribution in [2.45, 2.75) is 259 Å². The Bertz CT molecular complexity index is 875. The van der Waals surface area contributed by atoms with Gasteiger partial charge in [0, 0.05) is 19.3 Å². The molecular weight excluding hydrogens is 705 g/mol. The third-order valence-corrected chi connectivity index (χ3v) is 11.1. The summed E-state index contributed by atoms with van der Waals surface area (Å²) in [7, 11) is 0. The van der Waals surface area contributed by atoms with E-state index in [0.717, 1.165) is 70.6 Å². The van der Waals surface area contributed by atoms with E-state index < -0.39 is 12.1 Å². The first-order valence-electron chi connectivity index (χ1n) is 23.9. The van der Waals surface area contributed by atoms with Gasteiger partial charge in [0.05, 0.1) is 5.92 Å². The predicted octanol–water partition coefficient (Wildman–Crippen LogP) is 14.0. The second kappa shape index (κ2) is 41.1. The molecule has 2 atom stereocenters. The lowest BCUT2D eigenvalue weighted by Crippen LogP contribution is -2.31. The molecule has 0 amide bonds. The summed E-state index contributed by atoms with van der Waals surface area (Å²) in [6.45, 7) is 8.05. The van der Waals surface area contributed by atoms with Crippen LogP contribution in [0.4, 0.5) is 0 Å². The van der Waals surface area contributed by atoms with Crippen LogP contribution < -0.4 is 0 Å². The van der Waals surface area contributed by atoms with E-state index in [1.54, 1.807) is 6.92 Å². The first-order chi connectivity index (χ1) is 27.2. The van der Waals surface area contributed by atoms with E-state index in [1.165, 1.54) is 128 Å². The van der Waals surface area contributed by atoms with Crippen LogP contribution in [0.25, 0.3) is 0 Å². The summed E-state index contributed by atoms with van der Waals surface area (Å²) in [4.78, 5) is 49.0. The summed E-state index contributed by atoms with van der Waals surface area (Å²) in [6, 6.07) is 0. The number of aliphatic carboxylic acids is 1. The van der Waals surface area contributed by atoms with Crippen molar-refractivity contribution in [2.24, 2.45) is 11.8 Å². The molecular formula is C48H90O8. The highest BCUT2D eigenvalue weighted by molar-refractivity contribution is 5.71. The SMILES string of the molecule is CCCCCCCCCCCCCCCC(=O)OCC(COC(=O)CCCCCCCCCCCCCCC)OC(=O)CC(C)CCCCCCC(C)C(=O)O. The molecule has 0 fully saturated rings. The number of hydrogen-bond donors (Lipinski definition) is 1. The van der Waals surface area contributed by atoms with Crippen molar-refractivity contribution in [3.63, 3.8) is 0 Å². The van der Waals surface area contributed by atoms with Gasteiger partial charge in [-0.2, -0.15) is 0 Å². The number of esters is 3. The minimum atomic E-state index is -0.822. The lowest BCUT2D eigenvalue weighted by atomic mass is 9.98. The Morgan fingerprint density at radius 2 is 0.750 bits per heavy atom. The standard InChI is InChI=1S/C48H90O8/c1-5-7-9-11-13-15-17-19-21-23-25-27-33-37-45(49)54-40-44(56-47(51)39-42(3)35-31-29-30-32-36-43(4)48(52)53)41-55-46(50)38-34-28-26-24-22-20-18-16-14-12-10-8-6-2/h42-44H,5-41H2,1-4H3,(H,52,53). The second-order valence-corrected chi connectivity index (χ2v) is 17.0. The maximum atomic E-state index is 12.9. The Kier molecular flexibility index (Phi) is 39.5. The van der Waals surface area contributed by atoms with E-state index in [2.05, 4.69) is 13.8 Å². The molecule has 8 heteroatoms. The Hall–Kier alpha value is -2.12. The molecule has 0 radical (unpaired) electrons. The summed E-state index contributed by atoms with van der Waals surface area (Å²) in [5.41, 5.74) is 0. The Morgan fingerprint density at radius 1 is 0.429 bits per heavy atom. The van der Waals surface area contributed by atoms with Crippen molar-refractivity contribution in [2.75, 3.05) is 13.2 Å². The van der Waals surface area contributed by atoms with Crippen molar-refractivity contribution in [1.82, 2.24) is 0 Å². The molecule has 0 spiro atoms. The van der Waals surface area contributed by atoms with Crippen LogP contribution in [0.2, 0.25) is 0 Å². The molecule has 2 unspecified atom stereocenters. The fraction of sp³-hybridized carbons (Fsp3) is 0.917. The fourth-order valence-corrected chi connectivity index (χ4v) is 7.25. The molecule has 0 aliphatic carbocycles. The van der Waals surface area contributed by atoms with Crippen LogP contribution >= 0.6 is 0 Å². The number of carbonyl (C=O) groups is 4. The molecule has 1 N–H and O–H groups in total. The summed E-state index contributed by atoms with van der Waals surface area (Å²) in [5.74, 6) is -1.93. The molecule has 8 nitrogen and oxygen atoms in total. The van der Waals surface area contributed by atoms with Gasteiger partial charge in [-0.3, -0.25) is 19.2 Å². The number of rotatable bonds is 43. The maximum Gasteiger partial charge on any atom is 0.306 e. The van der Waals surface area contributed by atoms with Crippen molar-refractivity contribution in [1.29, 1.82) is 0 Å². The van der Waals surface area contributed by atoms with E-state index in [-0.39, 0.29) is 49.4 Å². The van der Waals surface area contributed by atoms with Gasteiger partial charge in [-0.15, -0.1) is 0 Å². The first kappa shape index (κ1) is 53.9. The van der Waals surface area contributed by atoms with Crippen LogP contribution in [0.5, 0.6) is 0 Å². The van der Waals surface area contributed by atoms with Crippen molar-refractivity contribution >= 4 is 23.9 Å². The van der Waals surface area contributed by atoms with E-state index in [4.69, 9.17) is 19.3 Å².